The highest BCUT2D eigenvalue weighted by molar-refractivity contribution is 6.36. The summed E-state index contributed by atoms with van der Waals surface area (Å²) in [5.74, 6) is 1.07. The summed E-state index contributed by atoms with van der Waals surface area (Å²) in [6.45, 7) is 1.86. The quantitative estimate of drug-likeness (QED) is 0.718. The molecule has 154 valence electrons. The molecule has 1 aliphatic rings. The molecule has 1 heterocycles. The number of ether oxygens (including phenoxy) is 2. The van der Waals surface area contributed by atoms with Gasteiger partial charge < -0.3 is 19.3 Å². The van der Waals surface area contributed by atoms with E-state index >= 15 is 0 Å². The minimum atomic E-state index is -0.154. The van der Waals surface area contributed by atoms with Crippen molar-refractivity contribution in [2.75, 3.05) is 40.4 Å². The van der Waals surface area contributed by atoms with Gasteiger partial charge in [0.15, 0.2) is 11.5 Å². The normalized spacial score (nSPS) is 13.9. The van der Waals surface area contributed by atoms with Crippen molar-refractivity contribution in [1.29, 1.82) is 0 Å². The molecule has 0 bridgehead atoms. The number of methoxy groups -OCH3 is 2. The Morgan fingerprint density at radius 2 is 1.55 bits per heavy atom. The fourth-order valence-corrected chi connectivity index (χ4v) is 3.76. The first kappa shape index (κ1) is 21.3. The molecular formula is C21H22Cl2N2O4. The Bertz CT molecular complexity index is 912. The summed E-state index contributed by atoms with van der Waals surface area (Å²) in [6.07, 6.45) is 0.261. The molecule has 8 heteroatoms. The minimum absolute atomic E-state index is 0.00819. The molecule has 3 rings (SSSR count). The second-order valence-corrected chi connectivity index (χ2v) is 7.51. The van der Waals surface area contributed by atoms with Crippen LogP contribution in [0.4, 0.5) is 0 Å². The molecule has 0 saturated carbocycles. The maximum Gasteiger partial charge on any atom is 0.255 e. The molecule has 0 atom stereocenters. The molecule has 0 N–H and O–H groups in total. The van der Waals surface area contributed by atoms with Crippen molar-refractivity contribution in [3.05, 3.63) is 57.6 Å². The van der Waals surface area contributed by atoms with Gasteiger partial charge in [0.2, 0.25) is 5.91 Å². The average molecular weight is 437 g/mol. The third kappa shape index (κ3) is 4.95. The van der Waals surface area contributed by atoms with E-state index in [0.717, 1.165) is 5.56 Å². The lowest BCUT2D eigenvalue weighted by molar-refractivity contribution is -0.131. The summed E-state index contributed by atoms with van der Waals surface area (Å²) >= 11 is 12.0. The first-order valence-corrected chi connectivity index (χ1v) is 9.91. The number of halogens is 2. The van der Waals surface area contributed by atoms with E-state index in [2.05, 4.69) is 0 Å². The van der Waals surface area contributed by atoms with Crippen LogP contribution in [0, 0.1) is 0 Å². The highest BCUT2D eigenvalue weighted by Crippen LogP contribution is 2.28. The number of hydrogen-bond acceptors (Lipinski definition) is 4. The lowest BCUT2D eigenvalue weighted by atomic mass is 10.1. The second kappa shape index (κ2) is 9.37. The topological polar surface area (TPSA) is 59.1 Å². The molecule has 0 spiro atoms. The summed E-state index contributed by atoms with van der Waals surface area (Å²) in [7, 11) is 3.13. The first-order chi connectivity index (χ1) is 13.9. The largest absolute Gasteiger partial charge is 0.493 e. The van der Waals surface area contributed by atoms with Crippen LogP contribution in [0.3, 0.4) is 0 Å². The number of piperazine rings is 1. The summed E-state index contributed by atoms with van der Waals surface area (Å²) in [6, 6.07) is 10.3. The lowest BCUT2D eigenvalue weighted by Crippen LogP contribution is -2.51. The highest BCUT2D eigenvalue weighted by Gasteiger charge is 2.26. The SMILES string of the molecule is COc1ccc(CC(=O)N2CCN(C(=O)c3ccc(Cl)cc3Cl)CC2)cc1OC. The molecule has 29 heavy (non-hydrogen) atoms. The van der Waals surface area contributed by atoms with E-state index in [1.165, 1.54) is 0 Å². The molecule has 0 aromatic heterocycles. The smallest absolute Gasteiger partial charge is 0.255 e. The molecule has 1 aliphatic heterocycles. The van der Waals surface area contributed by atoms with Crippen LogP contribution in [-0.4, -0.2) is 62.0 Å². The zero-order valence-electron chi connectivity index (χ0n) is 16.3. The van der Waals surface area contributed by atoms with Crippen molar-refractivity contribution in [2.24, 2.45) is 0 Å². The molecule has 2 aromatic carbocycles. The summed E-state index contributed by atoms with van der Waals surface area (Å²) in [5.41, 5.74) is 1.26. The van der Waals surface area contributed by atoms with Crippen molar-refractivity contribution in [3.63, 3.8) is 0 Å². The molecule has 0 aliphatic carbocycles. The van der Waals surface area contributed by atoms with Crippen LogP contribution in [0.5, 0.6) is 11.5 Å². The molecule has 0 radical (unpaired) electrons. The Balaban J connectivity index is 1.59. The van der Waals surface area contributed by atoms with Gasteiger partial charge in [-0.15, -0.1) is 0 Å². The number of amides is 2. The summed E-state index contributed by atoms with van der Waals surface area (Å²) < 4.78 is 10.5. The lowest BCUT2D eigenvalue weighted by Gasteiger charge is -2.35. The van der Waals surface area contributed by atoms with Crippen molar-refractivity contribution >= 4 is 35.0 Å². The van der Waals surface area contributed by atoms with Crippen LogP contribution >= 0.6 is 23.2 Å². The molecule has 1 fully saturated rings. The van der Waals surface area contributed by atoms with Gasteiger partial charge in [0.25, 0.3) is 5.91 Å². The van der Waals surface area contributed by atoms with Crippen molar-refractivity contribution in [3.8, 4) is 11.5 Å². The minimum Gasteiger partial charge on any atom is -0.493 e. The van der Waals surface area contributed by atoms with Crippen LogP contribution in [0.2, 0.25) is 10.0 Å². The van der Waals surface area contributed by atoms with Crippen LogP contribution in [0.15, 0.2) is 36.4 Å². The van der Waals surface area contributed by atoms with E-state index in [4.69, 9.17) is 32.7 Å². The Morgan fingerprint density at radius 3 is 2.17 bits per heavy atom. The van der Waals surface area contributed by atoms with Crippen molar-refractivity contribution in [1.82, 2.24) is 9.80 Å². The van der Waals surface area contributed by atoms with Gasteiger partial charge in [-0.3, -0.25) is 9.59 Å². The zero-order valence-corrected chi connectivity index (χ0v) is 17.8. The summed E-state index contributed by atoms with van der Waals surface area (Å²) in [5, 5.41) is 0.812. The number of carbonyl (C=O) groups is 2. The van der Waals surface area contributed by atoms with Gasteiger partial charge in [-0.2, -0.15) is 0 Å². The fourth-order valence-electron chi connectivity index (χ4n) is 3.27. The first-order valence-electron chi connectivity index (χ1n) is 9.16. The Kier molecular flexibility index (Phi) is 6.87. The average Bonchev–Trinajstić information content (AvgIpc) is 2.73. The number of rotatable bonds is 5. The van der Waals surface area contributed by atoms with Gasteiger partial charge >= 0.3 is 0 Å². The molecule has 6 nitrogen and oxygen atoms in total. The van der Waals surface area contributed by atoms with Gasteiger partial charge in [0, 0.05) is 31.2 Å². The van der Waals surface area contributed by atoms with E-state index in [-0.39, 0.29) is 18.2 Å². The van der Waals surface area contributed by atoms with E-state index in [9.17, 15) is 9.59 Å². The Labute approximate surface area is 179 Å². The Morgan fingerprint density at radius 1 is 0.897 bits per heavy atom. The van der Waals surface area contributed by atoms with Crippen LogP contribution in [-0.2, 0) is 11.2 Å². The monoisotopic (exact) mass is 436 g/mol. The van der Waals surface area contributed by atoms with Gasteiger partial charge in [0.1, 0.15) is 0 Å². The predicted molar refractivity (Wildman–Crippen MR) is 112 cm³/mol. The van der Waals surface area contributed by atoms with Crippen LogP contribution in [0.25, 0.3) is 0 Å². The molecule has 2 amide bonds. The molecule has 0 unspecified atom stereocenters. The van der Waals surface area contributed by atoms with Crippen LogP contribution in [0.1, 0.15) is 15.9 Å². The van der Waals surface area contributed by atoms with Gasteiger partial charge in [-0.25, -0.2) is 0 Å². The highest BCUT2D eigenvalue weighted by atomic mass is 35.5. The molecule has 2 aromatic rings. The maximum absolute atomic E-state index is 12.7. The van der Waals surface area contributed by atoms with E-state index in [1.54, 1.807) is 54.4 Å². The number of hydrogen-bond donors (Lipinski definition) is 0. The predicted octanol–water partition coefficient (Wildman–Crippen LogP) is 3.54. The number of nitrogens with zero attached hydrogens (tertiary/aromatic N) is 2. The van der Waals surface area contributed by atoms with Crippen LogP contribution < -0.4 is 9.47 Å². The van der Waals surface area contributed by atoms with Gasteiger partial charge in [-0.1, -0.05) is 29.3 Å². The second-order valence-electron chi connectivity index (χ2n) is 6.66. The summed E-state index contributed by atoms with van der Waals surface area (Å²) in [4.78, 5) is 28.8. The van der Waals surface area contributed by atoms with Crippen molar-refractivity contribution in [2.45, 2.75) is 6.42 Å². The number of carbonyl (C=O) groups excluding carboxylic acids is 2. The van der Waals surface area contributed by atoms with E-state index in [1.807, 2.05) is 6.07 Å². The van der Waals surface area contributed by atoms with Gasteiger partial charge in [0.05, 0.1) is 31.2 Å². The fraction of sp³-hybridized carbons (Fsp3) is 0.333. The number of benzene rings is 2. The molecular weight excluding hydrogens is 415 g/mol. The Hall–Kier alpha value is -2.44. The van der Waals surface area contributed by atoms with Crippen molar-refractivity contribution < 1.29 is 19.1 Å². The maximum atomic E-state index is 12.7. The third-order valence-corrected chi connectivity index (χ3v) is 5.43. The van der Waals surface area contributed by atoms with Gasteiger partial charge in [-0.05, 0) is 35.9 Å². The zero-order chi connectivity index (χ0) is 21.0. The van der Waals surface area contributed by atoms with E-state index < -0.39 is 0 Å². The van der Waals surface area contributed by atoms with E-state index in [0.29, 0.717) is 53.3 Å². The molecule has 1 saturated heterocycles. The standard InChI is InChI=1S/C21H22Cl2N2O4/c1-28-18-6-3-14(11-19(18)29-2)12-20(26)24-7-9-25(10-8-24)21(27)16-5-4-15(22)13-17(16)23/h3-6,11,13H,7-10,12H2,1-2H3. The third-order valence-electron chi connectivity index (χ3n) is 4.88.